The Labute approximate surface area is 94.2 Å². The van der Waals surface area contributed by atoms with Gasteiger partial charge >= 0.3 is 0 Å². The quantitative estimate of drug-likeness (QED) is 0.691. The van der Waals surface area contributed by atoms with Crippen LogP contribution in [0.15, 0.2) is 6.20 Å². The van der Waals surface area contributed by atoms with E-state index in [0.717, 1.165) is 30.5 Å². The van der Waals surface area contributed by atoms with Gasteiger partial charge in [-0.15, -0.1) is 0 Å². The lowest BCUT2D eigenvalue weighted by atomic mass is 9.86. The predicted molar refractivity (Wildman–Crippen MR) is 59.0 cm³/mol. The molecule has 3 N–H and O–H groups in total. The Morgan fingerprint density at radius 2 is 2.62 bits per heavy atom. The molecule has 1 aliphatic rings. The molecule has 0 radical (unpaired) electrons. The maximum absolute atomic E-state index is 11.9. The van der Waals surface area contributed by atoms with Crippen LogP contribution in [0.2, 0.25) is 0 Å². The molecule has 0 aromatic carbocycles. The van der Waals surface area contributed by atoms with Crippen LogP contribution >= 0.6 is 0 Å². The van der Waals surface area contributed by atoms with Crippen molar-refractivity contribution in [2.24, 2.45) is 0 Å². The summed E-state index contributed by atoms with van der Waals surface area (Å²) in [5.41, 5.74) is 2.08. The van der Waals surface area contributed by atoms with Crippen LogP contribution in [0.4, 0.5) is 0 Å². The molecule has 1 heterocycles. The number of amides is 1. The minimum absolute atomic E-state index is 0.0109. The minimum Gasteiger partial charge on any atom is -0.392 e. The van der Waals surface area contributed by atoms with E-state index in [1.54, 1.807) is 13.1 Å². The summed E-state index contributed by atoms with van der Waals surface area (Å²) in [5, 5.41) is 18.8. The lowest BCUT2D eigenvalue weighted by molar-refractivity contribution is -0.123. The molecular weight excluding hydrogens is 206 g/mol. The lowest BCUT2D eigenvalue weighted by Gasteiger charge is -2.21. The van der Waals surface area contributed by atoms with Crippen LogP contribution in [-0.4, -0.2) is 33.9 Å². The minimum atomic E-state index is -0.503. The van der Waals surface area contributed by atoms with E-state index in [9.17, 15) is 4.79 Å². The highest BCUT2D eigenvalue weighted by molar-refractivity contribution is 5.84. The van der Waals surface area contributed by atoms with Crippen molar-refractivity contribution in [3.63, 3.8) is 0 Å². The third kappa shape index (κ3) is 2.24. The number of H-pyrrole nitrogens is 1. The van der Waals surface area contributed by atoms with Crippen LogP contribution in [0.25, 0.3) is 0 Å². The first kappa shape index (κ1) is 11.1. The average Bonchev–Trinajstić information content (AvgIpc) is 2.73. The molecule has 2 atom stereocenters. The van der Waals surface area contributed by atoms with Gasteiger partial charge in [0.2, 0.25) is 5.91 Å². The van der Waals surface area contributed by atoms with Gasteiger partial charge < -0.3 is 10.4 Å². The Morgan fingerprint density at radius 1 is 1.81 bits per heavy atom. The van der Waals surface area contributed by atoms with Gasteiger partial charge in [0, 0.05) is 17.8 Å². The molecule has 1 amide bonds. The fourth-order valence-corrected chi connectivity index (χ4v) is 2.11. The van der Waals surface area contributed by atoms with Crippen molar-refractivity contribution in [3.8, 4) is 0 Å². The van der Waals surface area contributed by atoms with Crippen LogP contribution in [0.5, 0.6) is 0 Å². The first-order valence-electron chi connectivity index (χ1n) is 5.66. The normalized spacial score (nSPS) is 21.2. The summed E-state index contributed by atoms with van der Waals surface area (Å²) in [5.74, 6) is -0.121. The summed E-state index contributed by atoms with van der Waals surface area (Å²) in [7, 11) is 0. The maximum atomic E-state index is 11.9. The SMILES string of the molecule is CC(O)CNC(=O)C1CCCc2[nH]ncc21. The topological polar surface area (TPSA) is 78.0 Å². The molecule has 16 heavy (non-hydrogen) atoms. The summed E-state index contributed by atoms with van der Waals surface area (Å²) in [6.07, 6.45) is 4.06. The molecule has 2 rings (SSSR count). The number of carbonyl (C=O) groups excluding carboxylic acids is 1. The Kier molecular flexibility index (Phi) is 3.24. The van der Waals surface area contributed by atoms with Crippen molar-refractivity contribution in [3.05, 3.63) is 17.5 Å². The lowest BCUT2D eigenvalue weighted by Crippen LogP contribution is -2.35. The number of nitrogens with zero attached hydrogens (tertiary/aromatic N) is 1. The largest absolute Gasteiger partial charge is 0.392 e. The van der Waals surface area contributed by atoms with E-state index in [-0.39, 0.29) is 11.8 Å². The molecule has 0 spiro atoms. The van der Waals surface area contributed by atoms with Crippen molar-refractivity contribution in [1.82, 2.24) is 15.5 Å². The van der Waals surface area contributed by atoms with E-state index in [1.165, 1.54) is 0 Å². The summed E-state index contributed by atoms with van der Waals surface area (Å²) in [6.45, 7) is 1.97. The Balaban J connectivity index is 2.03. The average molecular weight is 223 g/mol. The van der Waals surface area contributed by atoms with Crippen LogP contribution in [-0.2, 0) is 11.2 Å². The number of aliphatic hydroxyl groups is 1. The Morgan fingerprint density at radius 3 is 3.38 bits per heavy atom. The molecule has 0 saturated carbocycles. The fourth-order valence-electron chi connectivity index (χ4n) is 2.11. The standard InChI is InChI=1S/C11H17N3O2/c1-7(15)5-12-11(16)8-3-2-4-10-9(8)6-13-14-10/h6-8,15H,2-5H2,1H3,(H,12,16)(H,13,14). The van der Waals surface area contributed by atoms with Crippen molar-refractivity contribution in [2.75, 3.05) is 6.54 Å². The smallest absolute Gasteiger partial charge is 0.227 e. The highest BCUT2D eigenvalue weighted by Crippen LogP contribution is 2.30. The zero-order valence-corrected chi connectivity index (χ0v) is 9.36. The molecule has 88 valence electrons. The van der Waals surface area contributed by atoms with Gasteiger partial charge in [-0.1, -0.05) is 0 Å². The van der Waals surface area contributed by atoms with Gasteiger partial charge in [0.15, 0.2) is 0 Å². The second kappa shape index (κ2) is 4.65. The number of aliphatic hydroxyl groups excluding tert-OH is 1. The van der Waals surface area contributed by atoms with Crippen molar-refractivity contribution in [1.29, 1.82) is 0 Å². The molecule has 5 heteroatoms. The summed E-state index contributed by atoms with van der Waals surface area (Å²) < 4.78 is 0. The third-order valence-electron chi connectivity index (χ3n) is 2.93. The number of hydrogen-bond acceptors (Lipinski definition) is 3. The maximum Gasteiger partial charge on any atom is 0.227 e. The predicted octanol–water partition coefficient (Wildman–Crippen LogP) is 0.327. The van der Waals surface area contributed by atoms with E-state index in [4.69, 9.17) is 5.11 Å². The zero-order valence-electron chi connectivity index (χ0n) is 9.36. The van der Waals surface area contributed by atoms with Gasteiger partial charge in [0.25, 0.3) is 0 Å². The number of nitrogens with one attached hydrogen (secondary N) is 2. The highest BCUT2D eigenvalue weighted by atomic mass is 16.3. The first-order valence-corrected chi connectivity index (χ1v) is 5.66. The molecule has 1 aliphatic carbocycles. The van der Waals surface area contributed by atoms with Gasteiger partial charge in [0.1, 0.15) is 0 Å². The van der Waals surface area contributed by atoms with Crippen LogP contribution in [0, 0.1) is 0 Å². The van der Waals surface area contributed by atoms with Crippen LogP contribution in [0.1, 0.15) is 36.9 Å². The van der Waals surface area contributed by atoms with Crippen molar-refractivity contribution in [2.45, 2.75) is 38.2 Å². The fraction of sp³-hybridized carbons (Fsp3) is 0.636. The van der Waals surface area contributed by atoms with Gasteiger partial charge in [-0.25, -0.2) is 0 Å². The molecule has 0 saturated heterocycles. The van der Waals surface area contributed by atoms with E-state index in [0.29, 0.717) is 6.54 Å². The van der Waals surface area contributed by atoms with Crippen molar-refractivity contribution >= 4 is 5.91 Å². The first-order chi connectivity index (χ1) is 7.68. The zero-order chi connectivity index (χ0) is 11.5. The molecule has 5 nitrogen and oxygen atoms in total. The van der Waals surface area contributed by atoms with Gasteiger partial charge in [0.05, 0.1) is 18.2 Å². The van der Waals surface area contributed by atoms with Crippen LogP contribution < -0.4 is 5.32 Å². The van der Waals surface area contributed by atoms with Gasteiger partial charge in [-0.05, 0) is 26.2 Å². The summed E-state index contributed by atoms with van der Waals surface area (Å²) in [6, 6.07) is 0. The number of aromatic amines is 1. The number of fused-ring (bicyclic) bond motifs is 1. The molecule has 2 unspecified atom stereocenters. The van der Waals surface area contributed by atoms with E-state index >= 15 is 0 Å². The van der Waals surface area contributed by atoms with E-state index < -0.39 is 6.10 Å². The Bertz CT molecular complexity index is 373. The molecule has 0 aliphatic heterocycles. The number of aryl methyl sites for hydroxylation is 1. The monoisotopic (exact) mass is 223 g/mol. The Hall–Kier alpha value is -1.36. The van der Waals surface area contributed by atoms with Crippen LogP contribution in [0.3, 0.4) is 0 Å². The third-order valence-corrected chi connectivity index (χ3v) is 2.93. The second-order valence-corrected chi connectivity index (χ2v) is 4.34. The summed E-state index contributed by atoms with van der Waals surface area (Å²) in [4.78, 5) is 11.9. The van der Waals surface area contributed by atoms with E-state index in [1.807, 2.05) is 0 Å². The number of carbonyl (C=O) groups is 1. The number of hydrogen-bond donors (Lipinski definition) is 3. The summed E-state index contributed by atoms with van der Waals surface area (Å²) >= 11 is 0. The molecule has 1 aromatic rings. The number of rotatable bonds is 3. The molecule has 0 bridgehead atoms. The number of aromatic nitrogens is 2. The van der Waals surface area contributed by atoms with Gasteiger partial charge in [-0.2, -0.15) is 5.10 Å². The molecular formula is C11H17N3O2. The van der Waals surface area contributed by atoms with E-state index in [2.05, 4.69) is 15.5 Å². The highest BCUT2D eigenvalue weighted by Gasteiger charge is 2.27. The van der Waals surface area contributed by atoms with Crippen molar-refractivity contribution < 1.29 is 9.90 Å². The molecule has 1 aromatic heterocycles. The van der Waals surface area contributed by atoms with Gasteiger partial charge in [-0.3, -0.25) is 9.89 Å². The second-order valence-electron chi connectivity index (χ2n) is 4.34. The molecule has 0 fully saturated rings.